The second-order valence-electron chi connectivity index (χ2n) is 6.32. The Hall–Kier alpha value is -2.90. The second-order valence-corrected chi connectivity index (χ2v) is 6.32. The molecule has 134 valence electrons. The number of benzene rings is 1. The van der Waals surface area contributed by atoms with Gasteiger partial charge in [0.15, 0.2) is 0 Å². The molecule has 8 nitrogen and oxygen atoms in total. The van der Waals surface area contributed by atoms with Crippen molar-refractivity contribution in [2.45, 2.75) is 39.7 Å². The first kappa shape index (κ1) is 18.4. The van der Waals surface area contributed by atoms with Crippen LogP contribution in [0.15, 0.2) is 18.2 Å². The molecule has 0 aromatic heterocycles. The number of ether oxygens (including phenoxy) is 2. The van der Waals surface area contributed by atoms with Crippen molar-refractivity contribution in [1.82, 2.24) is 0 Å². The molecule has 0 radical (unpaired) electrons. The SMILES string of the molecule is CCOC(=O)Cc1ccc2c(c1)C(=O)C(=O)N2OC(=O)OC(C)(C)C. The lowest BCUT2D eigenvalue weighted by atomic mass is 10.1. The molecule has 0 saturated carbocycles. The highest BCUT2D eigenvalue weighted by Crippen LogP contribution is 2.30. The first-order chi connectivity index (χ1) is 11.6. The number of ketones is 1. The van der Waals surface area contributed by atoms with Gasteiger partial charge in [0.1, 0.15) is 5.60 Å². The first-order valence-electron chi connectivity index (χ1n) is 7.70. The molecule has 25 heavy (non-hydrogen) atoms. The minimum Gasteiger partial charge on any atom is -0.466 e. The average molecular weight is 349 g/mol. The van der Waals surface area contributed by atoms with Crippen LogP contribution in [0.5, 0.6) is 0 Å². The van der Waals surface area contributed by atoms with E-state index in [1.54, 1.807) is 33.8 Å². The van der Waals surface area contributed by atoms with E-state index in [1.165, 1.54) is 12.1 Å². The zero-order chi connectivity index (χ0) is 18.8. The molecule has 0 unspecified atom stereocenters. The van der Waals surface area contributed by atoms with Crippen LogP contribution in [0.2, 0.25) is 0 Å². The van der Waals surface area contributed by atoms with Gasteiger partial charge >= 0.3 is 18.0 Å². The highest BCUT2D eigenvalue weighted by molar-refractivity contribution is 6.51. The molecule has 1 amide bonds. The summed E-state index contributed by atoms with van der Waals surface area (Å²) in [7, 11) is 0. The van der Waals surface area contributed by atoms with Crippen molar-refractivity contribution in [1.29, 1.82) is 0 Å². The summed E-state index contributed by atoms with van der Waals surface area (Å²) in [6, 6.07) is 4.38. The van der Waals surface area contributed by atoms with E-state index in [4.69, 9.17) is 14.3 Å². The van der Waals surface area contributed by atoms with Crippen LogP contribution in [0, 0.1) is 0 Å². The number of hydrogen-bond acceptors (Lipinski definition) is 7. The van der Waals surface area contributed by atoms with E-state index in [-0.39, 0.29) is 24.3 Å². The van der Waals surface area contributed by atoms with Gasteiger partial charge in [-0.1, -0.05) is 6.07 Å². The van der Waals surface area contributed by atoms with E-state index >= 15 is 0 Å². The smallest absolute Gasteiger partial charge is 0.466 e. The minimum atomic E-state index is -1.10. The summed E-state index contributed by atoms with van der Waals surface area (Å²) in [4.78, 5) is 52.3. The van der Waals surface area contributed by atoms with Crippen LogP contribution in [0.4, 0.5) is 10.5 Å². The quantitative estimate of drug-likeness (QED) is 0.607. The molecule has 0 aliphatic carbocycles. The molecule has 0 fully saturated rings. The lowest BCUT2D eigenvalue weighted by Crippen LogP contribution is -2.35. The van der Waals surface area contributed by atoms with E-state index in [0.29, 0.717) is 10.6 Å². The van der Waals surface area contributed by atoms with Crippen molar-refractivity contribution in [3.8, 4) is 0 Å². The monoisotopic (exact) mass is 349 g/mol. The summed E-state index contributed by atoms with van der Waals surface area (Å²) in [5.74, 6) is -2.28. The van der Waals surface area contributed by atoms with Gasteiger partial charge in [-0.3, -0.25) is 19.2 Å². The van der Waals surface area contributed by atoms with Crippen molar-refractivity contribution in [3.63, 3.8) is 0 Å². The molecule has 1 aliphatic rings. The van der Waals surface area contributed by atoms with Crippen LogP contribution in [0.3, 0.4) is 0 Å². The van der Waals surface area contributed by atoms with Crippen molar-refractivity contribution in [2.75, 3.05) is 11.7 Å². The number of rotatable bonds is 4. The molecule has 2 rings (SSSR count). The predicted octanol–water partition coefficient (Wildman–Crippen LogP) is 2.19. The maximum absolute atomic E-state index is 12.1. The third-order valence-corrected chi connectivity index (χ3v) is 3.11. The highest BCUT2D eigenvalue weighted by Gasteiger charge is 2.40. The normalized spacial score (nSPS) is 13.5. The Labute approximate surface area is 144 Å². The molecule has 0 spiro atoms. The number of amides is 1. The number of anilines is 1. The Kier molecular flexibility index (Phi) is 5.10. The van der Waals surface area contributed by atoms with Crippen LogP contribution in [-0.2, 0) is 30.3 Å². The lowest BCUT2D eigenvalue weighted by Gasteiger charge is -2.21. The van der Waals surface area contributed by atoms with E-state index in [2.05, 4.69) is 0 Å². The fourth-order valence-corrected chi connectivity index (χ4v) is 2.18. The second kappa shape index (κ2) is 6.92. The Morgan fingerprint density at radius 2 is 1.84 bits per heavy atom. The third-order valence-electron chi connectivity index (χ3n) is 3.11. The van der Waals surface area contributed by atoms with Gasteiger partial charge in [0.25, 0.3) is 5.78 Å². The number of carbonyl (C=O) groups excluding carboxylic acids is 4. The Bertz CT molecular complexity index is 733. The van der Waals surface area contributed by atoms with Crippen molar-refractivity contribution in [3.05, 3.63) is 29.3 Å². The molecule has 0 atom stereocenters. The van der Waals surface area contributed by atoms with Gasteiger partial charge in [0.2, 0.25) is 0 Å². The van der Waals surface area contributed by atoms with Gasteiger partial charge < -0.3 is 9.47 Å². The van der Waals surface area contributed by atoms with Crippen LogP contribution in [0.1, 0.15) is 43.6 Å². The Balaban J connectivity index is 2.20. The fourth-order valence-electron chi connectivity index (χ4n) is 2.18. The zero-order valence-electron chi connectivity index (χ0n) is 14.5. The summed E-state index contributed by atoms with van der Waals surface area (Å²) in [6.07, 6.45) is -1.13. The van der Waals surface area contributed by atoms with E-state index in [0.717, 1.165) is 0 Å². The number of esters is 1. The maximum atomic E-state index is 12.1. The molecule has 0 saturated heterocycles. The topological polar surface area (TPSA) is 99.2 Å². The van der Waals surface area contributed by atoms with Crippen LogP contribution in [-0.4, -0.2) is 36.0 Å². The highest BCUT2D eigenvalue weighted by atomic mass is 16.8. The number of fused-ring (bicyclic) bond motifs is 1. The van der Waals surface area contributed by atoms with E-state index < -0.39 is 29.4 Å². The van der Waals surface area contributed by atoms with Gasteiger partial charge in [0.05, 0.1) is 24.3 Å². The third kappa shape index (κ3) is 4.34. The van der Waals surface area contributed by atoms with Gasteiger partial charge in [0, 0.05) is 0 Å². The van der Waals surface area contributed by atoms with Gasteiger partial charge in [-0.2, -0.15) is 0 Å². The molecule has 1 heterocycles. The molecule has 1 aromatic rings. The Morgan fingerprint density at radius 3 is 2.44 bits per heavy atom. The summed E-state index contributed by atoms with van der Waals surface area (Å²) in [5, 5.41) is 0.597. The maximum Gasteiger partial charge on any atom is 0.534 e. The van der Waals surface area contributed by atoms with Crippen LogP contribution < -0.4 is 5.06 Å². The fraction of sp³-hybridized carbons (Fsp3) is 0.412. The van der Waals surface area contributed by atoms with Crippen molar-refractivity contribution >= 4 is 29.5 Å². The molecule has 1 aliphatic heterocycles. The first-order valence-corrected chi connectivity index (χ1v) is 7.70. The number of carbonyl (C=O) groups is 4. The van der Waals surface area contributed by atoms with Gasteiger partial charge in [-0.25, -0.2) is 4.79 Å². The molecule has 0 bridgehead atoms. The molecule has 0 N–H and O–H groups in total. The van der Waals surface area contributed by atoms with Crippen molar-refractivity contribution < 1.29 is 33.5 Å². The van der Waals surface area contributed by atoms with E-state index in [9.17, 15) is 19.2 Å². The van der Waals surface area contributed by atoms with Gasteiger partial charge in [-0.15, -0.1) is 5.06 Å². The number of hydroxylamine groups is 1. The Morgan fingerprint density at radius 1 is 1.16 bits per heavy atom. The minimum absolute atomic E-state index is 0.0322. The summed E-state index contributed by atoms with van der Waals surface area (Å²) in [5.41, 5.74) is -0.128. The van der Waals surface area contributed by atoms with Crippen LogP contribution >= 0.6 is 0 Å². The molecule has 8 heteroatoms. The average Bonchev–Trinajstić information content (AvgIpc) is 2.71. The standard InChI is InChI=1S/C17H19NO7/c1-5-23-13(19)9-10-6-7-12-11(8-10)14(20)15(21)18(12)25-16(22)24-17(2,3)4/h6-8H,5,9H2,1-4H3. The molecular formula is C17H19NO7. The number of nitrogens with zero attached hydrogens (tertiary/aromatic N) is 1. The van der Waals surface area contributed by atoms with E-state index in [1.807, 2.05) is 0 Å². The molecular weight excluding hydrogens is 330 g/mol. The predicted molar refractivity (Wildman–Crippen MR) is 85.9 cm³/mol. The largest absolute Gasteiger partial charge is 0.534 e. The summed E-state index contributed by atoms with van der Waals surface area (Å²) in [6.45, 7) is 6.86. The van der Waals surface area contributed by atoms with Gasteiger partial charge in [-0.05, 0) is 45.4 Å². The summed E-state index contributed by atoms with van der Waals surface area (Å²) >= 11 is 0. The zero-order valence-corrected chi connectivity index (χ0v) is 14.5. The van der Waals surface area contributed by atoms with Crippen molar-refractivity contribution in [2.24, 2.45) is 0 Å². The lowest BCUT2D eigenvalue weighted by molar-refractivity contribution is -0.142. The summed E-state index contributed by atoms with van der Waals surface area (Å²) < 4.78 is 9.82. The molecule has 1 aromatic carbocycles. The van der Waals surface area contributed by atoms with Crippen LogP contribution in [0.25, 0.3) is 0 Å². The number of Topliss-reactive ketones (excluding diaryl/α,β-unsaturated/α-hetero) is 1. The number of hydrogen-bond donors (Lipinski definition) is 0.